The summed E-state index contributed by atoms with van der Waals surface area (Å²) in [5.74, 6) is -0.783. The number of aromatic nitrogens is 1. The van der Waals surface area contributed by atoms with Crippen LogP contribution >= 0.6 is 11.6 Å². The van der Waals surface area contributed by atoms with Crippen molar-refractivity contribution in [2.75, 3.05) is 0 Å². The van der Waals surface area contributed by atoms with Gasteiger partial charge in [0.2, 0.25) is 0 Å². The lowest BCUT2D eigenvalue weighted by Crippen LogP contribution is -2.25. The first kappa shape index (κ1) is 15.6. The Balaban J connectivity index is 2.24. The molecule has 0 amide bonds. The first-order valence-corrected chi connectivity index (χ1v) is 7.05. The summed E-state index contributed by atoms with van der Waals surface area (Å²) in [6, 6.07) is 7.16. The molecule has 0 saturated carbocycles. The molecule has 2 rings (SSSR count). The third-order valence-corrected chi connectivity index (χ3v) is 3.25. The highest BCUT2D eigenvalue weighted by atomic mass is 35.5. The molecule has 2 aromatic rings. The van der Waals surface area contributed by atoms with Crippen LogP contribution in [0.5, 0.6) is 0 Å². The number of carbonyl (C=O) groups excluding carboxylic acids is 2. The van der Waals surface area contributed by atoms with E-state index in [9.17, 15) is 9.59 Å². The molecule has 1 heterocycles. The Bertz CT molecular complexity index is 710. The van der Waals surface area contributed by atoms with Crippen molar-refractivity contribution >= 4 is 34.3 Å². The zero-order chi connectivity index (χ0) is 15.8. The Morgan fingerprint density at radius 3 is 2.52 bits per heavy atom. The van der Waals surface area contributed by atoms with Crippen molar-refractivity contribution in [2.24, 2.45) is 7.05 Å². The van der Waals surface area contributed by atoms with Gasteiger partial charge in [-0.15, -0.1) is 0 Å². The highest BCUT2D eigenvalue weighted by Crippen LogP contribution is 2.23. The number of ketones is 1. The zero-order valence-electron chi connectivity index (χ0n) is 12.6. The van der Waals surface area contributed by atoms with Gasteiger partial charge >= 0.3 is 5.97 Å². The highest BCUT2D eigenvalue weighted by molar-refractivity contribution is 6.31. The summed E-state index contributed by atoms with van der Waals surface area (Å²) >= 11 is 5.95. The van der Waals surface area contributed by atoms with E-state index in [1.807, 2.05) is 6.07 Å². The molecule has 0 aliphatic heterocycles. The maximum atomic E-state index is 12.3. The van der Waals surface area contributed by atoms with Crippen LogP contribution in [-0.4, -0.2) is 21.9 Å². The second-order valence-corrected chi connectivity index (χ2v) is 6.41. The van der Waals surface area contributed by atoms with E-state index in [0.29, 0.717) is 10.7 Å². The maximum Gasteiger partial charge on any atom is 0.314 e. The van der Waals surface area contributed by atoms with Gasteiger partial charge < -0.3 is 9.30 Å². The molecule has 0 atom stereocenters. The summed E-state index contributed by atoms with van der Waals surface area (Å²) in [5, 5.41) is 1.48. The molecular formula is C16H18ClNO3. The summed E-state index contributed by atoms with van der Waals surface area (Å²) in [6.45, 7) is 5.32. The van der Waals surface area contributed by atoms with E-state index in [2.05, 4.69) is 0 Å². The van der Waals surface area contributed by atoms with Crippen LogP contribution in [-0.2, 0) is 16.6 Å². The van der Waals surface area contributed by atoms with Gasteiger partial charge in [-0.25, -0.2) is 0 Å². The third-order valence-electron chi connectivity index (χ3n) is 3.02. The lowest BCUT2D eigenvalue weighted by molar-refractivity contribution is -0.153. The lowest BCUT2D eigenvalue weighted by Gasteiger charge is -2.19. The normalized spacial score (nSPS) is 11.7. The van der Waals surface area contributed by atoms with Crippen molar-refractivity contribution in [3.8, 4) is 0 Å². The van der Waals surface area contributed by atoms with Crippen molar-refractivity contribution in [3.05, 3.63) is 35.0 Å². The first-order chi connectivity index (χ1) is 9.67. The molecule has 0 aliphatic rings. The number of fused-ring (bicyclic) bond motifs is 1. The van der Waals surface area contributed by atoms with Gasteiger partial charge in [0.05, 0.1) is 5.69 Å². The topological polar surface area (TPSA) is 48.3 Å². The quantitative estimate of drug-likeness (QED) is 0.493. The molecule has 0 N–H and O–H groups in total. The SMILES string of the molecule is Cn1c(C(=O)CC(=O)OC(C)(C)C)cc2cc(Cl)ccc21. The molecule has 5 heteroatoms. The number of benzene rings is 1. The summed E-state index contributed by atoms with van der Waals surface area (Å²) in [5.41, 5.74) is 0.772. The van der Waals surface area contributed by atoms with E-state index >= 15 is 0 Å². The molecule has 0 fully saturated rings. The summed E-state index contributed by atoms with van der Waals surface area (Å²) in [7, 11) is 1.79. The number of esters is 1. The Hall–Kier alpha value is -1.81. The lowest BCUT2D eigenvalue weighted by atomic mass is 10.1. The van der Waals surface area contributed by atoms with Crippen LogP contribution in [0.3, 0.4) is 0 Å². The van der Waals surface area contributed by atoms with Crippen molar-refractivity contribution in [1.29, 1.82) is 0 Å². The van der Waals surface area contributed by atoms with Gasteiger partial charge in [-0.05, 0) is 45.0 Å². The van der Waals surface area contributed by atoms with Gasteiger partial charge in [0.1, 0.15) is 12.0 Å². The van der Waals surface area contributed by atoms with Crippen LogP contribution in [0.4, 0.5) is 0 Å². The van der Waals surface area contributed by atoms with E-state index in [0.717, 1.165) is 10.9 Å². The van der Waals surface area contributed by atoms with E-state index in [1.54, 1.807) is 50.6 Å². The molecule has 0 radical (unpaired) electrons. The largest absolute Gasteiger partial charge is 0.460 e. The monoisotopic (exact) mass is 307 g/mol. The predicted octanol–water partition coefficient (Wildman–Crippen LogP) is 3.75. The van der Waals surface area contributed by atoms with Crippen LogP contribution in [0, 0.1) is 0 Å². The first-order valence-electron chi connectivity index (χ1n) is 6.67. The molecule has 1 aromatic carbocycles. The number of ether oxygens (including phenoxy) is 1. The number of Topliss-reactive ketones (excluding diaryl/α,β-unsaturated/α-hetero) is 1. The minimum Gasteiger partial charge on any atom is -0.460 e. The fraction of sp³-hybridized carbons (Fsp3) is 0.375. The highest BCUT2D eigenvalue weighted by Gasteiger charge is 2.21. The Morgan fingerprint density at radius 1 is 1.24 bits per heavy atom. The molecule has 0 saturated heterocycles. The van der Waals surface area contributed by atoms with E-state index in [1.165, 1.54) is 0 Å². The summed E-state index contributed by atoms with van der Waals surface area (Å²) < 4.78 is 6.94. The minimum atomic E-state index is -0.593. The van der Waals surface area contributed by atoms with Gasteiger partial charge in [-0.1, -0.05) is 11.6 Å². The Morgan fingerprint density at radius 2 is 1.90 bits per heavy atom. The van der Waals surface area contributed by atoms with Gasteiger partial charge in [-0.3, -0.25) is 9.59 Å². The van der Waals surface area contributed by atoms with Crippen molar-refractivity contribution < 1.29 is 14.3 Å². The average Bonchev–Trinajstić information content (AvgIpc) is 2.63. The van der Waals surface area contributed by atoms with E-state index < -0.39 is 11.6 Å². The van der Waals surface area contributed by atoms with Crippen LogP contribution in [0.25, 0.3) is 10.9 Å². The maximum absolute atomic E-state index is 12.3. The molecule has 1 aromatic heterocycles. The molecule has 0 unspecified atom stereocenters. The summed E-state index contributed by atoms with van der Waals surface area (Å²) in [6.07, 6.45) is -0.269. The molecule has 112 valence electrons. The number of rotatable bonds is 3. The molecular weight excluding hydrogens is 290 g/mol. The van der Waals surface area contributed by atoms with Gasteiger partial charge in [0, 0.05) is 23.0 Å². The van der Waals surface area contributed by atoms with Crippen LogP contribution in [0.2, 0.25) is 5.02 Å². The fourth-order valence-electron chi connectivity index (χ4n) is 2.19. The van der Waals surface area contributed by atoms with Crippen LogP contribution in [0.15, 0.2) is 24.3 Å². The van der Waals surface area contributed by atoms with Crippen LogP contribution in [0.1, 0.15) is 37.7 Å². The molecule has 0 spiro atoms. The summed E-state index contributed by atoms with van der Waals surface area (Å²) in [4.78, 5) is 24.0. The standard InChI is InChI=1S/C16H18ClNO3/c1-16(2,3)21-15(20)9-14(19)13-8-10-7-11(17)5-6-12(10)18(13)4/h5-8H,9H2,1-4H3. The Labute approximate surface area is 128 Å². The number of hydrogen-bond donors (Lipinski definition) is 0. The fourth-order valence-corrected chi connectivity index (χ4v) is 2.37. The second kappa shape index (κ2) is 5.53. The van der Waals surface area contributed by atoms with Gasteiger partial charge in [0.25, 0.3) is 0 Å². The number of nitrogens with zero attached hydrogens (tertiary/aromatic N) is 1. The third kappa shape index (κ3) is 3.64. The van der Waals surface area contributed by atoms with Crippen molar-refractivity contribution in [3.63, 3.8) is 0 Å². The number of hydrogen-bond acceptors (Lipinski definition) is 3. The predicted molar refractivity (Wildman–Crippen MR) is 82.7 cm³/mol. The van der Waals surface area contributed by atoms with E-state index in [4.69, 9.17) is 16.3 Å². The zero-order valence-corrected chi connectivity index (χ0v) is 13.3. The van der Waals surface area contributed by atoms with Crippen molar-refractivity contribution in [1.82, 2.24) is 4.57 Å². The smallest absolute Gasteiger partial charge is 0.314 e. The number of aryl methyl sites for hydroxylation is 1. The van der Waals surface area contributed by atoms with Gasteiger partial charge in [0.15, 0.2) is 5.78 Å². The Kier molecular flexibility index (Phi) is 4.10. The molecule has 0 aliphatic carbocycles. The minimum absolute atomic E-state index is 0.265. The van der Waals surface area contributed by atoms with Gasteiger partial charge in [-0.2, -0.15) is 0 Å². The average molecular weight is 308 g/mol. The number of carbonyl (C=O) groups is 2. The number of halogens is 1. The molecule has 0 bridgehead atoms. The molecule has 21 heavy (non-hydrogen) atoms. The van der Waals surface area contributed by atoms with E-state index in [-0.39, 0.29) is 12.2 Å². The van der Waals surface area contributed by atoms with Crippen molar-refractivity contribution in [2.45, 2.75) is 32.8 Å². The molecule has 4 nitrogen and oxygen atoms in total. The second-order valence-electron chi connectivity index (χ2n) is 5.98. The van der Waals surface area contributed by atoms with Crippen LogP contribution < -0.4 is 0 Å².